The van der Waals surface area contributed by atoms with Gasteiger partial charge in [-0.1, -0.05) is 49.4 Å². The number of amides is 1. The van der Waals surface area contributed by atoms with Crippen molar-refractivity contribution in [3.05, 3.63) is 95.2 Å². The molecular weight excluding hydrogens is 384 g/mol. The standard InChI is InChI=1S/C26H26N4O/c1-2-18-7-9-19(10-8-18)26-25-22(21-5-3-4-6-23(21)29-25)13-16-30(26)24(31)12-11-20-17-27-14-15-28-20/h3-10,14-15,17,26,29H,2,11-13,16H2,1H3/t26-/m1/s1. The number of para-hydroxylation sites is 1. The molecule has 1 amide bonds. The largest absolute Gasteiger partial charge is 0.356 e. The number of carbonyl (C=O) groups excluding carboxylic acids is 1. The topological polar surface area (TPSA) is 61.9 Å². The molecule has 1 N–H and O–H groups in total. The minimum Gasteiger partial charge on any atom is -0.356 e. The number of fused-ring (bicyclic) bond motifs is 3. The third-order valence-electron chi connectivity index (χ3n) is 6.27. The first-order valence-corrected chi connectivity index (χ1v) is 11.0. The second-order valence-corrected chi connectivity index (χ2v) is 8.09. The number of benzene rings is 2. The normalized spacial score (nSPS) is 15.8. The summed E-state index contributed by atoms with van der Waals surface area (Å²) >= 11 is 0. The van der Waals surface area contributed by atoms with E-state index in [2.05, 4.69) is 70.4 Å². The van der Waals surface area contributed by atoms with E-state index in [1.165, 1.54) is 16.5 Å². The monoisotopic (exact) mass is 410 g/mol. The molecule has 5 nitrogen and oxygen atoms in total. The summed E-state index contributed by atoms with van der Waals surface area (Å²) in [5, 5.41) is 1.26. The second kappa shape index (κ2) is 8.34. The van der Waals surface area contributed by atoms with E-state index in [0.29, 0.717) is 19.4 Å². The molecule has 1 atom stereocenters. The molecule has 0 unspecified atom stereocenters. The van der Waals surface area contributed by atoms with Gasteiger partial charge in [-0.15, -0.1) is 0 Å². The molecule has 5 heteroatoms. The number of nitrogens with one attached hydrogen (secondary N) is 1. The molecule has 4 aromatic rings. The van der Waals surface area contributed by atoms with Crippen LogP contribution in [0.2, 0.25) is 0 Å². The second-order valence-electron chi connectivity index (χ2n) is 8.09. The van der Waals surface area contributed by atoms with Crippen molar-refractivity contribution in [2.24, 2.45) is 0 Å². The molecule has 5 rings (SSSR count). The molecule has 31 heavy (non-hydrogen) atoms. The van der Waals surface area contributed by atoms with Gasteiger partial charge in [0.1, 0.15) is 0 Å². The van der Waals surface area contributed by atoms with Crippen LogP contribution in [0.5, 0.6) is 0 Å². The fourth-order valence-electron chi connectivity index (χ4n) is 4.63. The number of hydrogen-bond donors (Lipinski definition) is 1. The summed E-state index contributed by atoms with van der Waals surface area (Å²) in [5.41, 5.74) is 6.91. The number of hydrogen-bond acceptors (Lipinski definition) is 3. The van der Waals surface area contributed by atoms with Crippen LogP contribution in [0, 0.1) is 0 Å². The van der Waals surface area contributed by atoms with Crippen molar-refractivity contribution < 1.29 is 4.79 Å². The van der Waals surface area contributed by atoms with Gasteiger partial charge < -0.3 is 9.88 Å². The molecule has 3 heterocycles. The van der Waals surface area contributed by atoms with E-state index in [-0.39, 0.29) is 11.9 Å². The molecule has 2 aromatic heterocycles. The summed E-state index contributed by atoms with van der Waals surface area (Å²) in [4.78, 5) is 27.5. The number of rotatable bonds is 5. The Balaban J connectivity index is 1.51. The van der Waals surface area contributed by atoms with Gasteiger partial charge in [-0.05, 0) is 42.0 Å². The Morgan fingerprint density at radius 1 is 1.13 bits per heavy atom. The van der Waals surface area contributed by atoms with Crippen LogP contribution in [0.25, 0.3) is 10.9 Å². The van der Waals surface area contributed by atoms with E-state index in [0.717, 1.165) is 35.3 Å². The number of aryl methyl sites for hydroxylation is 2. The van der Waals surface area contributed by atoms with Gasteiger partial charge in [0.15, 0.2) is 0 Å². The van der Waals surface area contributed by atoms with E-state index in [1.54, 1.807) is 18.6 Å². The highest BCUT2D eigenvalue weighted by Crippen LogP contribution is 2.38. The molecule has 0 fully saturated rings. The van der Waals surface area contributed by atoms with Gasteiger partial charge in [0.2, 0.25) is 5.91 Å². The summed E-state index contributed by atoms with van der Waals surface area (Å²) in [6, 6.07) is 17.0. The van der Waals surface area contributed by atoms with Crippen LogP contribution < -0.4 is 0 Å². The van der Waals surface area contributed by atoms with Crippen molar-refractivity contribution in [2.75, 3.05) is 6.54 Å². The van der Waals surface area contributed by atoms with E-state index >= 15 is 0 Å². The van der Waals surface area contributed by atoms with Crippen LogP contribution in [0.3, 0.4) is 0 Å². The van der Waals surface area contributed by atoms with Gasteiger partial charge in [0, 0.05) is 48.2 Å². The van der Waals surface area contributed by atoms with Crippen LogP contribution in [0.4, 0.5) is 0 Å². The lowest BCUT2D eigenvalue weighted by molar-refractivity contribution is -0.133. The first kappa shape index (κ1) is 19.5. The number of aromatic nitrogens is 3. The van der Waals surface area contributed by atoms with Crippen LogP contribution >= 0.6 is 0 Å². The van der Waals surface area contributed by atoms with Crippen molar-refractivity contribution in [1.82, 2.24) is 19.9 Å². The molecule has 0 spiro atoms. The minimum absolute atomic E-state index is 0.101. The number of H-pyrrole nitrogens is 1. The first-order valence-electron chi connectivity index (χ1n) is 11.0. The van der Waals surface area contributed by atoms with Crippen molar-refractivity contribution in [3.63, 3.8) is 0 Å². The highest BCUT2D eigenvalue weighted by molar-refractivity contribution is 5.86. The highest BCUT2D eigenvalue weighted by Gasteiger charge is 2.34. The SMILES string of the molecule is CCc1ccc([C@@H]2c3[nH]c4ccccc4c3CCN2C(=O)CCc2cnccn2)cc1. The molecule has 1 aliphatic heterocycles. The average Bonchev–Trinajstić information content (AvgIpc) is 3.21. The lowest BCUT2D eigenvalue weighted by Crippen LogP contribution is -2.40. The molecule has 0 radical (unpaired) electrons. The zero-order valence-electron chi connectivity index (χ0n) is 17.7. The zero-order chi connectivity index (χ0) is 21.2. The van der Waals surface area contributed by atoms with E-state index in [1.807, 2.05) is 4.90 Å². The van der Waals surface area contributed by atoms with Gasteiger partial charge in [-0.2, -0.15) is 0 Å². The Kier molecular flexibility index (Phi) is 5.24. The fourth-order valence-corrected chi connectivity index (χ4v) is 4.63. The number of aromatic amines is 1. The maximum Gasteiger partial charge on any atom is 0.223 e. The maximum absolute atomic E-state index is 13.4. The Morgan fingerprint density at radius 3 is 2.74 bits per heavy atom. The fraction of sp³-hybridized carbons (Fsp3) is 0.269. The summed E-state index contributed by atoms with van der Waals surface area (Å²) in [6.45, 7) is 2.88. The summed E-state index contributed by atoms with van der Waals surface area (Å²) < 4.78 is 0. The Hall–Kier alpha value is -3.47. The van der Waals surface area contributed by atoms with Crippen molar-refractivity contribution in [2.45, 2.75) is 38.6 Å². The van der Waals surface area contributed by atoms with Gasteiger partial charge in [-0.3, -0.25) is 14.8 Å². The molecule has 156 valence electrons. The third kappa shape index (κ3) is 3.72. The van der Waals surface area contributed by atoms with E-state index in [9.17, 15) is 4.79 Å². The molecule has 0 saturated carbocycles. The maximum atomic E-state index is 13.4. The first-order chi connectivity index (χ1) is 15.2. The van der Waals surface area contributed by atoms with E-state index < -0.39 is 0 Å². The third-order valence-corrected chi connectivity index (χ3v) is 6.27. The molecule has 0 aliphatic carbocycles. The number of carbonyl (C=O) groups is 1. The van der Waals surface area contributed by atoms with Gasteiger partial charge in [0.05, 0.1) is 11.7 Å². The van der Waals surface area contributed by atoms with Gasteiger partial charge >= 0.3 is 0 Å². The lowest BCUT2D eigenvalue weighted by Gasteiger charge is -2.36. The molecule has 1 aliphatic rings. The Labute approximate surface area is 182 Å². The summed E-state index contributed by atoms with van der Waals surface area (Å²) in [6.07, 6.45) is 7.96. The lowest BCUT2D eigenvalue weighted by atomic mass is 9.91. The van der Waals surface area contributed by atoms with Gasteiger partial charge in [-0.25, -0.2) is 0 Å². The molecule has 2 aromatic carbocycles. The smallest absolute Gasteiger partial charge is 0.223 e. The van der Waals surface area contributed by atoms with Crippen LogP contribution in [-0.4, -0.2) is 32.3 Å². The van der Waals surface area contributed by atoms with E-state index in [4.69, 9.17) is 0 Å². The van der Waals surface area contributed by atoms with Crippen molar-refractivity contribution >= 4 is 16.8 Å². The van der Waals surface area contributed by atoms with Crippen molar-refractivity contribution in [1.29, 1.82) is 0 Å². The van der Waals surface area contributed by atoms with Crippen molar-refractivity contribution in [3.8, 4) is 0 Å². The Morgan fingerprint density at radius 2 is 1.97 bits per heavy atom. The highest BCUT2D eigenvalue weighted by atomic mass is 16.2. The van der Waals surface area contributed by atoms with Crippen LogP contribution in [0.1, 0.15) is 47.5 Å². The molecular formula is C26H26N4O. The molecule has 0 bridgehead atoms. The predicted octanol–water partition coefficient (Wildman–Crippen LogP) is 4.63. The zero-order valence-corrected chi connectivity index (χ0v) is 17.7. The molecule has 0 saturated heterocycles. The average molecular weight is 411 g/mol. The number of nitrogens with zero attached hydrogens (tertiary/aromatic N) is 3. The van der Waals surface area contributed by atoms with Crippen LogP contribution in [0.15, 0.2) is 67.1 Å². The van der Waals surface area contributed by atoms with Gasteiger partial charge in [0.25, 0.3) is 0 Å². The predicted molar refractivity (Wildman–Crippen MR) is 122 cm³/mol. The summed E-state index contributed by atoms with van der Waals surface area (Å²) in [7, 11) is 0. The quantitative estimate of drug-likeness (QED) is 0.522. The summed E-state index contributed by atoms with van der Waals surface area (Å²) in [5.74, 6) is 0.152. The Bertz CT molecular complexity index is 1200. The van der Waals surface area contributed by atoms with Crippen LogP contribution in [-0.2, 0) is 24.1 Å². The minimum atomic E-state index is -0.101.